The Labute approximate surface area is 137 Å². The van der Waals surface area contributed by atoms with Gasteiger partial charge >= 0.3 is 0 Å². The average molecular weight is 320 g/mol. The van der Waals surface area contributed by atoms with E-state index in [1.54, 1.807) is 0 Å². The lowest BCUT2D eigenvalue weighted by Crippen LogP contribution is -2.08. The predicted octanol–water partition coefficient (Wildman–Crippen LogP) is 4.13. The Hall–Kier alpha value is -2.27. The van der Waals surface area contributed by atoms with Crippen LogP contribution in [0.2, 0.25) is 0 Å². The molecule has 4 aromatic rings. The van der Waals surface area contributed by atoms with Gasteiger partial charge in [-0.05, 0) is 30.7 Å². The van der Waals surface area contributed by atoms with Gasteiger partial charge in [-0.3, -0.25) is 4.40 Å². The van der Waals surface area contributed by atoms with Gasteiger partial charge in [-0.2, -0.15) is 0 Å². The van der Waals surface area contributed by atoms with Gasteiger partial charge in [0.15, 0.2) is 11.5 Å². The van der Waals surface area contributed by atoms with Gasteiger partial charge in [0.25, 0.3) is 0 Å². The van der Waals surface area contributed by atoms with Crippen LogP contribution in [-0.4, -0.2) is 19.6 Å². The molecule has 0 N–H and O–H groups in total. The number of nitrogens with zero attached hydrogens (tertiary/aromatic N) is 4. The van der Waals surface area contributed by atoms with Gasteiger partial charge in [0.05, 0.1) is 5.39 Å². The number of thiophene rings is 1. The predicted molar refractivity (Wildman–Crippen MR) is 92.8 cm³/mol. The first kappa shape index (κ1) is 13.2. The van der Waals surface area contributed by atoms with Crippen LogP contribution >= 0.6 is 11.3 Å². The molecule has 3 aromatic heterocycles. The van der Waals surface area contributed by atoms with E-state index in [1.807, 2.05) is 40.3 Å². The fourth-order valence-corrected chi connectivity index (χ4v) is 4.87. The maximum absolute atomic E-state index is 4.70. The third-order valence-corrected chi connectivity index (χ3v) is 5.90. The fraction of sp³-hybridized carbons (Fsp3) is 0.278. The third kappa shape index (κ3) is 1.93. The molecule has 0 aliphatic heterocycles. The van der Waals surface area contributed by atoms with E-state index in [-0.39, 0.29) is 0 Å². The topological polar surface area (TPSA) is 43.1 Å². The third-order valence-electron chi connectivity index (χ3n) is 4.73. The normalized spacial score (nSPS) is 17.7. The summed E-state index contributed by atoms with van der Waals surface area (Å²) in [6.07, 6.45) is 5.42. The van der Waals surface area contributed by atoms with E-state index in [9.17, 15) is 0 Å². The molecule has 0 fully saturated rings. The van der Waals surface area contributed by atoms with E-state index in [0.29, 0.717) is 0 Å². The number of fused-ring (bicyclic) bond motifs is 5. The lowest BCUT2D eigenvalue weighted by Gasteiger charge is -2.17. The van der Waals surface area contributed by atoms with Crippen LogP contribution in [0, 0.1) is 5.92 Å². The fourth-order valence-electron chi connectivity index (χ4n) is 3.52. The molecule has 4 nitrogen and oxygen atoms in total. The Kier molecular flexibility index (Phi) is 2.79. The second-order valence-electron chi connectivity index (χ2n) is 6.36. The summed E-state index contributed by atoms with van der Waals surface area (Å²) in [5.74, 6) is 1.63. The molecule has 0 saturated carbocycles. The first-order valence-corrected chi connectivity index (χ1v) is 8.82. The van der Waals surface area contributed by atoms with Gasteiger partial charge in [0, 0.05) is 10.4 Å². The van der Waals surface area contributed by atoms with Crippen molar-refractivity contribution in [3.8, 4) is 11.4 Å². The van der Waals surface area contributed by atoms with Crippen molar-refractivity contribution < 1.29 is 0 Å². The van der Waals surface area contributed by atoms with Crippen LogP contribution in [0.25, 0.3) is 27.3 Å². The van der Waals surface area contributed by atoms with Crippen LogP contribution in [-0.2, 0) is 12.8 Å². The minimum atomic E-state index is 0.768. The highest BCUT2D eigenvalue weighted by molar-refractivity contribution is 7.19. The molecule has 3 heterocycles. The zero-order valence-electron chi connectivity index (χ0n) is 12.9. The average Bonchev–Trinajstić information content (AvgIpc) is 3.15. The summed E-state index contributed by atoms with van der Waals surface area (Å²) < 4.78 is 2.03. The quantitative estimate of drug-likeness (QED) is 0.529. The van der Waals surface area contributed by atoms with Crippen molar-refractivity contribution in [3.63, 3.8) is 0 Å². The second-order valence-corrected chi connectivity index (χ2v) is 7.44. The van der Waals surface area contributed by atoms with Crippen LogP contribution < -0.4 is 0 Å². The Morgan fingerprint density at radius 3 is 2.91 bits per heavy atom. The molecule has 0 spiro atoms. The minimum absolute atomic E-state index is 0.768. The maximum Gasteiger partial charge on any atom is 0.172 e. The van der Waals surface area contributed by atoms with Gasteiger partial charge in [0.1, 0.15) is 11.2 Å². The highest BCUT2D eigenvalue weighted by Gasteiger charge is 2.23. The zero-order chi connectivity index (χ0) is 15.4. The van der Waals surface area contributed by atoms with E-state index in [4.69, 9.17) is 4.98 Å². The molecule has 0 saturated heterocycles. The van der Waals surface area contributed by atoms with Crippen molar-refractivity contribution in [1.82, 2.24) is 19.6 Å². The van der Waals surface area contributed by atoms with E-state index in [2.05, 4.69) is 29.3 Å². The summed E-state index contributed by atoms with van der Waals surface area (Å²) in [7, 11) is 0. The van der Waals surface area contributed by atoms with Crippen molar-refractivity contribution in [2.24, 2.45) is 5.92 Å². The summed E-state index contributed by atoms with van der Waals surface area (Å²) in [5, 5.41) is 10.2. The number of hydrogen-bond acceptors (Lipinski definition) is 4. The minimum Gasteiger partial charge on any atom is -0.265 e. The highest BCUT2D eigenvalue weighted by atomic mass is 32.1. The summed E-state index contributed by atoms with van der Waals surface area (Å²) in [5.41, 5.74) is 3.47. The van der Waals surface area contributed by atoms with Gasteiger partial charge in [-0.15, -0.1) is 21.5 Å². The van der Waals surface area contributed by atoms with Crippen molar-refractivity contribution in [2.45, 2.75) is 26.2 Å². The van der Waals surface area contributed by atoms with E-state index >= 15 is 0 Å². The Balaban J connectivity index is 1.80. The van der Waals surface area contributed by atoms with Crippen molar-refractivity contribution in [1.29, 1.82) is 0 Å². The highest BCUT2D eigenvalue weighted by Crippen LogP contribution is 2.39. The Morgan fingerprint density at radius 1 is 1.17 bits per heavy atom. The molecule has 114 valence electrons. The second kappa shape index (κ2) is 4.86. The molecule has 0 radical (unpaired) electrons. The van der Waals surface area contributed by atoms with E-state index in [1.165, 1.54) is 28.7 Å². The van der Waals surface area contributed by atoms with Crippen LogP contribution in [0.4, 0.5) is 0 Å². The SMILES string of the molecule is C[C@H]1CCc2c(sc3ncn4c(-c5ccccc5)nnc4c23)C1. The Morgan fingerprint density at radius 2 is 2.04 bits per heavy atom. The summed E-state index contributed by atoms with van der Waals surface area (Å²) >= 11 is 1.83. The first-order valence-electron chi connectivity index (χ1n) is 8.00. The molecular formula is C18H16N4S. The molecule has 1 aromatic carbocycles. The standard InChI is InChI=1S/C18H16N4S/c1-11-7-8-13-14(9-11)23-18-15(13)17-21-20-16(22(17)10-19-18)12-5-3-2-4-6-12/h2-6,10-11H,7-9H2,1H3/t11-/m0/s1. The van der Waals surface area contributed by atoms with Gasteiger partial charge in [-0.25, -0.2) is 4.98 Å². The monoisotopic (exact) mass is 320 g/mol. The van der Waals surface area contributed by atoms with Gasteiger partial charge in [-0.1, -0.05) is 37.3 Å². The summed E-state index contributed by atoms with van der Waals surface area (Å²) in [6, 6.07) is 10.2. The molecular weight excluding hydrogens is 304 g/mol. The molecule has 23 heavy (non-hydrogen) atoms. The van der Waals surface area contributed by atoms with Crippen molar-refractivity contribution >= 4 is 27.2 Å². The van der Waals surface area contributed by atoms with Crippen molar-refractivity contribution in [2.75, 3.05) is 0 Å². The summed E-state index contributed by atoms with van der Waals surface area (Å²) in [4.78, 5) is 7.29. The zero-order valence-corrected chi connectivity index (χ0v) is 13.7. The number of aromatic nitrogens is 4. The van der Waals surface area contributed by atoms with E-state index < -0.39 is 0 Å². The van der Waals surface area contributed by atoms with Crippen LogP contribution in [0.3, 0.4) is 0 Å². The maximum atomic E-state index is 4.70. The lowest BCUT2D eigenvalue weighted by atomic mass is 9.89. The molecule has 1 aliphatic carbocycles. The van der Waals surface area contributed by atoms with Crippen LogP contribution in [0.1, 0.15) is 23.8 Å². The smallest absolute Gasteiger partial charge is 0.172 e. The molecule has 5 rings (SSSR count). The molecule has 0 unspecified atom stereocenters. The molecule has 1 atom stereocenters. The first-order chi connectivity index (χ1) is 11.3. The number of hydrogen-bond donors (Lipinski definition) is 0. The van der Waals surface area contributed by atoms with Crippen LogP contribution in [0.5, 0.6) is 0 Å². The molecule has 5 heteroatoms. The molecule has 0 amide bonds. The van der Waals surface area contributed by atoms with E-state index in [0.717, 1.165) is 34.2 Å². The van der Waals surface area contributed by atoms with Crippen molar-refractivity contribution in [3.05, 3.63) is 47.1 Å². The summed E-state index contributed by atoms with van der Waals surface area (Å²) in [6.45, 7) is 2.33. The van der Waals surface area contributed by atoms with Gasteiger partial charge < -0.3 is 0 Å². The molecule has 1 aliphatic rings. The number of rotatable bonds is 1. The number of aryl methyl sites for hydroxylation is 1. The van der Waals surface area contributed by atoms with Gasteiger partial charge in [0.2, 0.25) is 0 Å². The molecule has 0 bridgehead atoms. The Bertz CT molecular complexity index is 1020. The largest absolute Gasteiger partial charge is 0.265 e. The van der Waals surface area contributed by atoms with Crippen LogP contribution in [0.15, 0.2) is 36.7 Å². The number of benzene rings is 1. The lowest BCUT2D eigenvalue weighted by molar-refractivity contribution is 0.509.